The molecule has 5 nitrogen and oxygen atoms in total. The van der Waals surface area contributed by atoms with Gasteiger partial charge < -0.3 is 15.1 Å². The van der Waals surface area contributed by atoms with Gasteiger partial charge in [0.15, 0.2) is 0 Å². The number of nitrogens with one attached hydrogen (secondary N) is 2. The second-order valence-electron chi connectivity index (χ2n) is 5.07. The zero-order valence-corrected chi connectivity index (χ0v) is 9.57. The van der Waals surface area contributed by atoms with Gasteiger partial charge in [-0.3, -0.25) is 0 Å². The molecule has 16 heavy (non-hydrogen) atoms. The normalized spacial score (nSPS) is 28.8. The minimum atomic E-state index is 0.527. The molecule has 3 rings (SSSR count). The summed E-state index contributed by atoms with van der Waals surface area (Å²) in [5.41, 5.74) is 0. The molecule has 2 aliphatic rings. The molecule has 1 aromatic heterocycles. The predicted octanol–water partition coefficient (Wildman–Crippen LogP) is 1.53. The summed E-state index contributed by atoms with van der Waals surface area (Å²) in [6, 6.07) is 1.78. The molecule has 0 saturated heterocycles. The van der Waals surface area contributed by atoms with Crippen molar-refractivity contribution in [2.24, 2.45) is 5.92 Å². The standard InChI is InChI=1S/C11H18N4O/c1-7-4-9(5-7)13-11-15-14-10(16-11)6-12-8-2-3-8/h7-9,12H,2-6H2,1H3,(H,13,15). The average Bonchev–Trinajstić information content (AvgIpc) is 2.94. The maximum absolute atomic E-state index is 5.51. The first kappa shape index (κ1) is 10.1. The minimum absolute atomic E-state index is 0.527. The van der Waals surface area contributed by atoms with Crippen LogP contribution in [0.3, 0.4) is 0 Å². The molecule has 0 amide bonds. The summed E-state index contributed by atoms with van der Waals surface area (Å²) < 4.78 is 5.51. The van der Waals surface area contributed by atoms with Crippen molar-refractivity contribution in [2.75, 3.05) is 5.32 Å². The number of nitrogens with zero attached hydrogens (tertiary/aromatic N) is 2. The Morgan fingerprint density at radius 1 is 1.25 bits per heavy atom. The lowest BCUT2D eigenvalue weighted by Gasteiger charge is -2.32. The van der Waals surface area contributed by atoms with E-state index in [-0.39, 0.29) is 0 Å². The van der Waals surface area contributed by atoms with Crippen LogP contribution in [0.2, 0.25) is 0 Å². The van der Waals surface area contributed by atoms with E-state index in [1.54, 1.807) is 0 Å². The monoisotopic (exact) mass is 222 g/mol. The Hall–Kier alpha value is -1.10. The van der Waals surface area contributed by atoms with Crippen LogP contribution in [-0.4, -0.2) is 22.3 Å². The molecule has 0 aliphatic heterocycles. The number of aromatic nitrogens is 2. The first-order valence-electron chi connectivity index (χ1n) is 6.12. The molecule has 0 bridgehead atoms. The van der Waals surface area contributed by atoms with Crippen molar-refractivity contribution in [2.45, 2.75) is 51.2 Å². The van der Waals surface area contributed by atoms with Crippen LogP contribution in [0.1, 0.15) is 38.5 Å². The molecule has 2 saturated carbocycles. The maximum atomic E-state index is 5.51. The second-order valence-corrected chi connectivity index (χ2v) is 5.07. The van der Waals surface area contributed by atoms with Crippen molar-refractivity contribution in [1.82, 2.24) is 15.5 Å². The zero-order chi connectivity index (χ0) is 11.0. The fourth-order valence-electron chi connectivity index (χ4n) is 2.10. The molecule has 2 fully saturated rings. The van der Waals surface area contributed by atoms with E-state index in [9.17, 15) is 0 Å². The lowest BCUT2D eigenvalue weighted by atomic mass is 9.82. The third-order valence-electron chi connectivity index (χ3n) is 3.29. The van der Waals surface area contributed by atoms with E-state index in [4.69, 9.17) is 4.42 Å². The van der Waals surface area contributed by atoms with Crippen LogP contribution in [0.4, 0.5) is 6.01 Å². The number of hydrogen-bond acceptors (Lipinski definition) is 5. The Labute approximate surface area is 95.0 Å². The van der Waals surface area contributed by atoms with Crippen LogP contribution >= 0.6 is 0 Å². The Morgan fingerprint density at radius 3 is 2.75 bits per heavy atom. The lowest BCUT2D eigenvalue weighted by molar-refractivity contribution is 0.303. The van der Waals surface area contributed by atoms with Crippen molar-refractivity contribution >= 4 is 6.01 Å². The van der Waals surface area contributed by atoms with E-state index in [1.165, 1.54) is 25.7 Å². The summed E-state index contributed by atoms with van der Waals surface area (Å²) >= 11 is 0. The van der Waals surface area contributed by atoms with Gasteiger partial charge in [-0.25, -0.2) is 0 Å². The first-order chi connectivity index (χ1) is 7.79. The maximum Gasteiger partial charge on any atom is 0.315 e. The molecule has 2 aliphatic carbocycles. The van der Waals surface area contributed by atoms with E-state index < -0.39 is 0 Å². The fraction of sp³-hybridized carbons (Fsp3) is 0.818. The lowest BCUT2D eigenvalue weighted by Crippen LogP contribution is -2.33. The van der Waals surface area contributed by atoms with Gasteiger partial charge in [0.2, 0.25) is 5.89 Å². The van der Waals surface area contributed by atoms with Gasteiger partial charge in [-0.15, -0.1) is 5.10 Å². The third kappa shape index (κ3) is 2.35. The van der Waals surface area contributed by atoms with Crippen LogP contribution in [0, 0.1) is 5.92 Å². The van der Waals surface area contributed by atoms with Gasteiger partial charge in [0.05, 0.1) is 6.54 Å². The van der Waals surface area contributed by atoms with Gasteiger partial charge in [0.1, 0.15) is 0 Å². The molecular formula is C11H18N4O. The fourth-order valence-corrected chi connectivity index (χ4v) is 2.10. The first-order valence-corrected chi connectivity index (χ1v) is 6.12. The topological polar surface area (TPSA) is 63.0 Å². The van der Waals surface area contributed by atoms with E-state index in [0.717, 1.165) is 5.92 Å². The molecule has 1 aromatic rings. The molecule has 1 heterocycles. The molecule has 0 unspecified atom stereocenters. The summed E-state index contributed by atoms with van der Waals surface area (Å²) in [5, 5.41) is 14.6. The average molecular weight is 222 g/mol. The second kappa shape index (κ2) is 4.05. The van der Waals surface area contributed by atoms with Crippen molar-refractivity contribution in [3.05, 3.63) is 5.89 Å². The van der Waals surface area contributed by atoms with Gasteiger partial charge in [-0.1, -0.05) is 12.0 Å². The number of rotatable bonds is 5. The Balaban J connectivity index is 1.47. The molecule has 0 aromatic carbocycles. The third-order valence-corrected chi connectivity index (χ3v) is 3.29. The van der Waals surface area contributed by atoms with E-state index >= 15 is 0 Å². The van der Waals surface area contributed by atoms with Crippen LogP contribution in [0.5, 0.6) is 0 Å². The van der Waals surface area contributed by atoms with Crippen LogP contribution in [-0.2, 0) is 6.54 Å². The summed E-state index contributed by atoms with van der Waals surface area (Å²) in [6.45, 7) is 2.96. The van der Waals surface area contributed by atoms with E-state index in [2.05, 4.69) is 27.8 Å². The van der Waals surface area contributed by atoms with Gasteiger partial charge >= 0.3 is 6.01 Å². The van der Waals surface area contributed by atoms with Crippen LogP contribution in [0.25, 0.3) is 0 Å². The van der Waals surface area contributed by atoms with Crippen LogP contribution < -0.4 is 10.6 Å². The molecule has 0 spiro atoms. The molecular weight excluding hydrogens is 204 g/mol. The molecule has 0 radical (unpaired) electrons. The van der Waals surface area contributed by atoms with Gasteiger partial charge in [0, 0.05) is 12.1 Å². The summed E-state index contributed by atoms with van der Waals surface area (Å²) in [6.07, 6.45) is 4.97. The van der Waals surface area contributed by atoms with Crippen molar-refractivity contribution in [3.63, 3.8) is 0 Å². The predicted molar refractivity (Wildman–Crippen MR) is 60.0 cm³/mol. The summed E-state index contributed by atoms with van der Waals surface area (Å²) in [4.78, 5) is 0. The quantitative estimate of drug-likeness (QED) is 0.791. The van der Waals surface area contributed by atoms with E-state index in [1.807, 2.05) is 0 Å². The molecule has 0 atom stereocenters. The highest BCUT2D eigenvalue weighted by molar-refractivity contribution is 5.21. The highest BCUT2D eigenvalue weighted by Gasteiger charge is 2.26. The van der Waals surface area contributed by atoms with Gasteiger partial charge in [-0.2, -0.15) is 0 Å². The largest absolute Gasteiger partial charge is 0.407 e. The summed E-state index contributed by atoms with van der Waals surface area (Å²) in [5.74, 6) is 1.51. The number of anilines is 1. The van der Waals surface area contributed by atoms with E-state index in [0.29, 0.717) is 30.5 Å². The zero-order valence-electron chi connectivity index (χ0n) is 9.57. The van der Waals surface area contributed by atoms with Crippen molar-refractivity contribution in [3.8, 4) is 0 Å². The minimum Gasteiger partial charge on any atom is -0.407 e. The molecule has 5 heteroatoms. The molecule has 88 valence electrons. The van der Waals surface area contributed by atoms with Crippen molar-refractivity contribution in [1.29, 1.82) is 0 Å². The van der Waals surface area contributed by atoms with Crippen molar-refractivity contribution < 1.29 is 4.42 Å². The smallest absolute Gasteiger partial charge is 0.315 e. The highest BCUT2D eigenvalue weighted by Crippen LogP contribution is 2.29. The Kier molecular flexibility index (Phi) is 2.55. The van der Waals surface area contributed by atoms with Crippen LogP contribution in [0.15, 0.2) is 4.42 Å². The SMILES string of the molecule is CC1CC(Nc2nnc(CNC3CC3)o2)C1. The number of hydrogen-bond donors (Lipinski definition) is 2. The molecule has 2 N–H and O–H groups in total. The summed E-state index contributed by atoms with van der Waals surface area (Å²) in [7, 11) is 0. The Bertz CT molecular complexity index is 355. The van der Waals surface area contributed by atoms with Gasteiger partial charge in [0.25, 0.3) is 0 Å². The Morgan fingerprint density at radius 2 is 2.06 bits per heavy atom. The highest BCUT2D eigenvalue weighted by atomic mass is 16.4. The van der Waals surface area contributed by atoms with Gasteiger partial charge in [-0.05, 0) is 31.6 Å².